The number of β-amino-alcohol motifs (C(OH)–C–C–N with tert-alkyl or cyclic N) is 1. The lowest BCUT2D eigenvalue weighted by Crippen LogP contribution is -2.74. The van der Waals surface area contributed by atoms with Crippen LogP contribution in [0.25, 0.3) is 10.4 Å². The van der Waals surface area contributed by atoms with Gasteiger partial charge < -0.3 is 40.5 Å². The van der Waals surface area contributed by atoms with Crippen LogP contribution in [-0.4, -0.2) is 167 Å². The fourth-order valence-corrected chi connectivity index (χ4v) is 12.8. The van der Waals surface area contributed by atoms with Gasteiger partial charge in [0.15, 0.2) is 0 Å². The van der Waals surface area contributed by atoms with Gasteiger partial charge in [-0.05, 0) is 80.2 Å². The van der Waals surface area contributed by atoms with E-state index < -0.39 is 34.4 Å². The van der Waals surface area contributed by atoms with E-state index in [1.807, 2.05) is 82.6 Å². The Morgan fingerprint density at radius 1 is 0.844 bits per heavy atom. The highest BCUT2D eigenvalue weighted by molar-refractivity contribution is 7.13. The van der Waals surface area contributed by atoms with Gasteiger partial charge in [0.05, 0.1) is 51.5 Å². The van der Waals surface area contributed by atoms with Crippen molar-refractivity contribution in [3.8, 4) is 28.3 Å². The van der Waals surface area contributed by atoms with Crippen molar-refractivity contribution in [2.75, 3.05) is 83.4 Å². The van der Waals surface area contributed by atoms with Crippen LogP contribution >= 0.6 is 11.3 Å². The number of carbonyl (C=O) groups is 4. The molecule has 4 N–H and O–H groups in total. The van der Waals surface area contributed by atoms with E-state index in [1.54, 1.807) is 35.7 Å². The monoisotopic (exact) mass is 1070 g/mol. The zero-order chi connectivity index (χ0) is 55.4. The normalized spacial score (nSPS) is 22.4. The number of pyridine rings is 1. The highest BCUT2D eigenvalue weighted by Crippen LogP contribution is 2.55. The number of aromatic nitrogens is 2. The van der Waals surface area contributed by atoms with E-state index in [-0.39, 0.29) is 66.9 Å². The van der Waals surface area contributed by atoms with Gasteiger partial charge in [-0.1, -0.05) is 72.7 Å². The number of piperazine rings is 2. The summed E-state index contributed by atoms with van der Waals surface area (Å²) in [6.45, 7) is 26.6. The predicted molar refractivity (Wildman–Crippen MR) is 296 cm³/mol. The molecule has 4 atom stereocenters. The molecule has 2 aromatic carbocycles. The van der Waals surface area contributed by atoms with Crippen molar-refractivity contribution in [2.45, 2.75) is 112 Å². The molecule has 4 aliphatic rings. The summed E-state index contributed by atoms with van der Waals surface area (Å²) in [6.07, 6.45) is 1.69. The number of carbonyl (C=O) groups excluding carboxylic acids is 4. The third-order valence-corrected chi connectivity index (χ3v) is 17.1. The number of aryl methyl sites for hydroxylation is 1. The van der Waals surface area contributed by atoms with Crippen LogP contribution in [0, 0.1) is 45.8 Å². The van der Waals surface area contributed by atoms with E-state index in [2.05, 4.69) is 74.3 Å². The van der Waals surface area contributed by atoms with Gasteiger partial charge in [0.25, 0.3) is 5.91 Å². The molecule has 77 heavy (non-hydrogen) atoms. The van der Waals surface area contributed by atoms with Crippen molar-refractivity contribution >= 4 is 40.8 Å². The number of nitriles is 2. The van der Waals surface area contributed by atoms with Crippen molar-refractivity contribution in [1.29, 1.82) is 10.5 Å². The van der Waals surface area contributed by atoms with Crippen molar-refractivity contribution in [2.24, 2.45) is 16.2 Å². The van der Waals surface area contributed by atoms with Crippen LogP contribution in [0.3, 0.4) is 0 Å². The van der Waals surface area contributed by atoms with Crippen LogP contribution in [0.4, 0.5) is 5.82 Å². The molecule has 0 spiro atoms. The molecular weight excluding hydrogens is 993 g/mol. The minimum Gasteiger partial charge on any atom is -0.489 e. The van der Waals surface area contributed by atoms with E-state index in [9.17, 15) is 34.8 Å². The average molecular weight is 1070 g/mol. The van der Waals surface area contributed by atoms with Gasteiger partial charge in [0, 0.05) is 88.4 Å². The van der Waals surface area contributed by atoms with Crippen LogP contribution in [0.2, 0.25) is 0 Å². The number of amides is 4. The lowest BCUT2D eigenvalue weighted by molar-refractivity contribution is -0.164. The number of anilines is 1. The molecule has 3 aliphatic heterocycles. The third kappa shape index (κ3) is 12.9. The van der Waals surface area contributed by atoms with Gasteiger partial charge >= 0.3 is 0 Å². The number of nitrogens with zero attached hydrogens (tertiary/aromatic N) is 9. The fourth-order valence-electron chi connectivity index (χ4n) is 12.0. The van der Waals surface area contributed by atoms with E-state index in [0.717, 1.165) is 99.4 Å². The molecule has 2 aromatic heterocycles. The molecule has 1 aliphatic carbocycles. The Hall–Kier alpha value is -6.48. The maximum absolute atomic E-state index is 14.3. The summed E-state index contributed by atoms with van der Waals surface area (Å²) in [5, 5.41) is 38.9. The number of ether oxygens (including phenoxy) is 1. The van der Waals surface area contributed by atoms with Crippen molar-refractivity contribution in [1.82, 2.24) is 45.5 Å². The van der Waals surface area contributed by atoms with Crippen LogP contribution in [0.15, 0.2) is 66.3 Å². The van der Waals surface area contributed by atoms with Crippen LogP contribution < -0.4 is 25.6 Å². The first kappa shape index (κ1) is 56.7. The molecule has 18 nitrogen and oxygen atoms in total. The highest BCUT2D eigenvalue weighted by Gasteiger charge is 2.64. The van der Waals surface area contributed by atoms with Crippen LogP contribution in [-0.2, 0) is 14.4 Å². The Morgan fingerprint density at radius 3 is 2.06 bits per heavy atom. The fraction of sp³-hybridized carbons (Fsp3) is 0.552. The van der Waals surface area contributed by atoms with Gasteiger partial charge in [-0.15, -0.1) is 11.3 Å². The summed E-state index contributed by atoms with van der Waals surface area (Å²) in [6, 6.07) is 18.5. The first-order valence-corrected chi connectivity index (χ1v) is 27.8. The second-order valence-electron chi connectivity index (χ2n) is 23.6. The average Bonchev–Trinajstić information content (AvgIpc) is 4.20. The summed E-state index contributed by atoms with van der Waals surface area (Å²) in [4.78, 5) is 76.1. The first-order valence-electron chi connectivity index (χ1n) is 27.0. The van der Waals surface area contributed by atoms with Crippen molar-refractivity contribution in [3.63, 3.8) is 0 Å². The number of likely N-dealkylation sites (tertiary alicyclic amines) is 1. The lowest BCUT2D eigenvalue weighted by atomic mass is 9.49. The number of thiazole rings is 1. The molecule has 5 heterocycles. The van der Waals surface area contributed by atoms with Crippen LogP contribution in [0.5, 0.6) is 5.75 Å². The molecule has 2 unspecified atom stereocenters. The van der Waals surface area contributed by atoms with Crippen molar-refractivity contribution in [3.05, 3.63) is 94.3 Å². The van der Waals surface area contributed by atoms with Gasteiger partial charge in [0.1, 0.15) is 41.9 Å². The molecule has 19 heteroatoms. The molecule has 4 aromatic rings. The molecule has 4 fully saturated rings. The number of aliphatic hydroxyl groups is 1. The second kappa shape index (κ2) is 23.6. The van der Waals surface area contributed by atoms with E-state index in [4.69, 9.17) is 9.72 Å². The minimum atomic E-state index is -0.894. The van der Waals surface area contributed by atoms with Crippen LogP contribution in [0.1, 0.15) is 107 Å². The smallest absolute Gasteiger partial charge is 0.253 e. The van der Waals surface area contributed by atoms with Gasteiger partial charge in [-0.2, -0.15) is 10.5 Å². The van der Waals surface area contributed by atoms with E-state index in [1.165, 1.54) is 4.90 Å². The maximum atomic E-state index is 14.3. The zero-order valence-corrected chi connectivity index (χ0v) is 47.0. The second-order valence-corrected chi connectivity index (χ2v) is 24.4. The number of hydrogen-bond donors (Lipinski definition) is 4. The minimum absolute atomic E-state index is 0.0146. The first-order chi connectivity index (χ1) is 36.6. The summed E-state index contributed by atoms with van der Waals surface area (Å²) < 4.78 is 6.39. The quantitative estimate of drug-likeness (QED) is 0.104. The predicted octanol–water partition coefficient (Wildman–Crippen LogP) is 5.37. The molecule has 3 saturated heterocycles. The summed E-state index contributed by atoms with van der Waals surface area (Å²) in [7, 11) is 0. The molecular formula is C58H76N12O6S. The number of benzene rings is 2. The Bertz CT molecular complexity index is 2820. The Labute approximate surface area is 457 Å². The summed E-state index contributed by atoms with van der Waals surface area (Å²) >= 11 is 1.58. The van der Waals surface area contributed by atoms with Gasteiger partial charge in [-0.25, -0.2) is 9.97 Å². The number of hydrogen-bond acceptors (Lipinski definition) is 15. The zero-order valence-electron chi connectivity index (χ0n) is 46.1. The number of aliphatic hydroxyl groups excluding tert-OH is 1. The van der Waals surface area contributed by atoms with E-state index >= 15 is 0 Å². The number of rotatable bonds is 17. The number of nitrogens with one attached hydrogen (secondary N) is 3. The molecule has 4 amide bonds. The standard InChI is InChI=1S/C58H76N12O6S/c1-37(39-11-13-40(14-12-39)49-38(2)62-36-77-49)63-52(74)46-30-44(71)34-70(46)53(75)50(56(3,4)5)64-48(72)35-68-23-21-66(22-24-68)19-10-20-67-25-27-69(28-26-67)47-18-16-42(33-61-47)51(73)65-54-57(6,7)55(58(54,8)9)76-45-17-15-41(31-59)43(29-45)32-60/h11-18,29,33,36-37,44,46,50,54-55,71H,10,19-28,30,34-35H2,1-9H3,(H,63,74)(H,64,72)(H,65,73)/t37?,44-,46+,50?,54-,55-/m1/s1. The van der Waals surface area contributed by atoms with Gasteiger partial charge in [0.2, 0.25) is 17.7 Å². The van der Waals surface area contributed by atoms with Crippen molar-refractivity contribution < 1.29 is 29.0 Å². The molecule has 0 bridgehead atoms. The Balaban J connectivity index is 0.729. The SMILES string of the molecule is Cc1ncsc1-c1ccc(C(C)NC(=O)[C@@H]2C[C@@H](O)CN2C(=O)C(NC(=O)CN2CCN(CCCN3CCN(c4ccc(C(=O)N[C@H]5C(C)(C)[C@H](Oc6ccc(C#N)c(C#N)c6)C5(C)C)cn4)CC3)CC2)C(C)(C)C)cc1. The molecule has 0 radical (unpaired) electrons. The summed E-state index contributed by atoms with van der Waals surface area (Å²) in [5.74, 6) is 0.205. The Morgan fingerprint density at radius 2 is 1.48 bits per heavy atom. The lowest BCUT2D eigenvalue weighted by Gasteiger charge is -2.63. The molecule has 410 valence electrons. The Kier molecular flexibility index (Phi) is 17.4. The van der Waals surface area contributed by atoms with E-state index in [0.29, 0.717) is 16.9 Å². The molecule has 1 saturated carbocycles. The topological polar surface area (TPSA) is 223 Å². The summed E-state index contributed by atoms with van der Waals surface area (Å²) in [5.41, 5.74) is 4.34. The molecule has 8 rings (SSSR count). The third-order valence-electron chi connectivity index (χ3n) is 16.1. The maximum Gasteiger partial charge on any atom is 0.253 e. The van der Waals surface area contributed by atoms with Gasteiger partial charge in [-0.3, -0.25) is 29.0 Å². The largest absolute Gasteiger partial charge is 0.489 e. The highest BCUT2D eigenvalue weighted by atomic mass is 32.1.